The molecule has 0 radical (unpaired) electrons. The minimum atomic E-state index is -0.0582. The number of nitrogens with one attached hydrogen (secondary N) is 1. The third-order valence-electron chi connectivity index (χ3n) is 7.39. The number of carbonyl (C=O) groups excluding carboxylic acids is 2. The van der Waals surface area contributed by atoms with E-state index in [1.54, 1.807) is 6.20 Å². The van der Waals surface area contributed by atoms with Crippen LogP contribution in [0.4, 0.5) is 4.79 Å². The summed E-state index contributed by atoms with van der Waals surface area (Å²) in [6.07, 6.45) is 7.48. The second-order valence-corrected chi connectivity index (χ2v) is 10.4. The van der Waals surface area contributed by atoms with Gasteiger partial charge in [0.05, 0.1) is 22.8 Å². The maximum atomic E-state index is 13.8. The molecule has 2 aliphatic rings. The summed E-state index contributed by atoms with van der Waals surface area (Å²) in [5.41, 5.74) is 2.85. The number of furan rings is 1. The van der Waals surface area contributed by atoms with Gasteiger partial charge in [0.1, 0.15) is 11.5 Å². The summed E-state index contributed by atoms with van der Waals surface area (Å²) in [4.78, 5) is 35.1. The molecule has 1 saturated carbocycles. The first-order valence-electron chi connectivity index (χ1n) is 13.1. The van der Waals surface area contributed by atoms with E-state index in [9.17, 15) is 9.59 Å². The molecular weight excluding hydrogens is 456 g/mol. The Morgan fingerprint density at radius 3 is 2.36 bits per heavy atom. The topological polar surface area (TPSA) is 96.5 Å². The molecule has 0 unspecified atom stereocenters. The van der Waals surface area contributed by atoms with E-state index >= 15 is 0 Å². The minimum absolute atomic E-state index is 0.00778. The molecule has 0 aromatic carbocycles. The van der Waals surface area contributed by atoms with Crippen molar-refractivity contribution in [1.82, 2.24) is 29.9 Å². The van der Waals surface area contributed by atoms with Crippen molar-refractivity contribution in [2.24, 2.45) is 0 Å². The molecule has 1 saturated heterocycles. The van der Waals surface area contributed by atoms with Crippen molar-refractivity contribution in [3.63, 3.8) is 0 Å². The smallest absolute Gasteiger partial charge is 0.317 e. The Hall–Kier alpha value is -3.36. The molecule has 3 aromatic heterocycles. The summed E-state index contributed by atoms with van der Waals surface area (Å²) in [5.74, 6) is 1.51. The van der Waals surface area contributed by atoms with Crippen LogP contribution in [0.3, 0.4) is 0 Å². The zero-order valence-corrected chi connectivity index (χ0v) is 21.7. The van der Waals surface area contributed by atoms with Crippen LogP contribution in [0.2, 0.25) is 0 Å². The van der Waals surface area contributed by atoms with Gasteiger partial charge in [-0.25, -0.2) is 14.5 Å². The Morgan fingerprint density at radius 1 is 1.03 bits per heavy atom. The van der Waals surface area contributed by atoms with E-state index in [4.69, 9.17) is 9.40 Å². The average molecular weight is 493 g/mol. The van der Waals surface area contributed by atoms with Crippen LogP contribution in [0.15, 0.2) is 22.7 Å². The lowest BCUT2D eigenvalue weighted by Gasteiger charge is -2.36. The van der Waals surface area contributed by atoms with E-state index in [-0.39, 0.29) is 24.0 Å². The summed E-state index contributed by atoms with van der Waals surface area (Å²) in [6, 6.07) is 4.19. The summed E-state index contributed by atoms with van der Waals surface area (Å²) in [7, 11) is 0. The molecule has 2 fully saturated rings. The number of aryl methyl sites for hydroxylation is 2. The lowest BCUT2D eigenvalue weighted by atomic mass is 9.96. The lowest BCUT2D eigenvalue weighted by Crippen LogP contribution is -2.54. The number of carbonyl (C=O) groups is 2. The van der Waals surface area contributed by atoms with E-state index in [1.165, 1.54) is 19.3 Å². The molecule has 9 nitrogen and oxygen atoms in total. The standard InChI is InChI=1S/C27H36N6O3/c1-17(2)33-25-23(16-28-33)22(15-24(30-25)21-14-18(3)36-19(21)4)26(34)31-10-12-32(13-11-31)27(35)29-20-8-6-5-7-9-20/h14-17,20H,5-13H2,1-4H3,(H,29,35). The Bertz CT molecular complexity index is 1260. The van der Waals surface area contributed by atoms with E-state index < -0.39 is 0 Å². The Balaban J connectivity index is 1.37. The fourth-order valence-corrected chi connectivity index (χ4v) is 5.39. The molecule has 1 aliphatic carbocycles. The largest absolute Gasteiger partial charge is 0.466 e. The first-order chi connectivity index (χ1) is 17.3. The highest BCUT2D eigenvalue weighted by molar-refractivity contribution is 6.06. The normalized spacial score (nSPS) is 17.2. The highest BCUT2D eigenvalue weighted by atomic mass is 16.3. The Kier molecular flexibility index (Phi) is 6.73. The van der Waals surface area contributed by atoms with Crippen LogP contribution < -0.4 is 5.32 Å². The number of amides is 3. The number of pyridine rings is 1. The zero-order valence-electron chi connectivity index (χ0n) is 21.7. The summed E-state index contributed by atoms with van der Waals surface area (Å²) in [6.45, 7) is 9.96. The van der Waals surface area contributed by atoms with E-state index in [1.807, 2.05) is 54.3 Å². The van der Waals surface area contributed by atoms with Gasteiger partial charge in [-0.05, 0) is 52.7 Å². The molecule has 9 heteroatoms. The van der Waals surface area contributed by atoms with Crippen molar-refractivity contribution >= 4 is 23.0 Å². The Labute approximate surface area is 211 Å². The van der Waals surface area contributed by atoms with Crippen molar-refractivity contribution in [2.45, 2.75) is 71.9 Å². The Morgan fingerprint density at radius 2 is 1.72 bits per heavy atom. The molecule has 1 N–H and O–H groups in total. The third kappa shape index (κ3) is 4.70. The van der Waals surface area contributed by atoms with Gasteiger partial charge in [-0.3, -0.25) is 4.79 Å². The number of urea groups is 1. The van der Waals surface area contributed by atoms with Crippen molar-refractivity contribution in [1.29, 1.82) is 0 Å². The molecule has 0 spiro atoms. The second kappa shape index (κ2) is 9.95. The monoisotopic (exact) mass is 492 g/mol. The first kappa shape index (κ1) is 24.3. The predicted molar refractivity (Wildman–Crippen MR) is 138 cm³/mol. The van der Waals surface area contributed by atoms with Gasteiger partial charge in [0.25, 0.3) is 5.91 Å². The summed E-state index contributed by atoms with van der Waals surface area (Å²) >= 11 is 0. The number of hydrogen-bond acceptors (Lipinski definition) is 5. The highest BCUT2D eigenvalue weighted by Crippen LogP contribution is 2.31. The van der Waals surface area contributed by atoms with Crippen LogP contribution in [0.1, 0.15) is 73.9 Å². The molecular formula is C27H36N6O3. The number of nitrogens with zero attached hydrogens (tertiary/aromatic N) is 5. The van der Waals surface area contributed by atoms with Crippen molar-refractivity contribution < 1.29 is 14.0 Å². The second-order valence-electron chi connectivity index (χ2n) is 10.4. The van der Waals surface area contributed by atoms with Crippen LogP contribution in [0, 0.1) is 13.8 Å². The molecule has 0 bridgehead atoms. The SMILES string of the molecule is Cc1cc(-c2cc(C(=O)N3CCN(C(=O)NC4CCCCC4)CC3)c3cnn(C(C)C)c3n2)c(C)o1. The van der Waals surface area contributed by atoms with Crippen LogP contribution >= 0.6 is 0 Å². The van der Waals surface area contributed by atoms with Gasteiger partial charge >= 0.3 is 6.03 Å². The minimum Gasteiger partial charge on any atom is -0.466 e. The van der Waals surface area contributed by atoms with Gasteiger partial charge < -0.3 is 19.5 Å². The fraction of sp³-hybridized carbons (Fsp3) is 0.556. The van der Waals surface area contributed by atoms with Gasteiger partial charge in [-0.15, -0.1) is 0 Å². The quantitative estimate of drug-likeness (QED) is 0.570. The first-order valence-corrected chi connectivity index (χ1v) is 13.1. The van der Waals surface area contributed by atoms with Crippen LogP contribution in [0.25, 0.3) is 22.3 Å². The van der Waals surface area contributed by atoms with Crippen LogP contribution in [-0.2, 0) is 0 Å². The molecule has 3 aromatic rings. The van der Waals surface area contributed by atoms with Crippen molar-refractivity contribution in [2.75, 3.05) is 26.2 Å². The van der Waals surface area contributed by atoms with Gasteiger partial charge in [-0.1, -0.05) is 19.3 Å². The number of aromatic nitrogens is 3. The maximum Gasteiger partial charge on any atom is 0.317 e. The third-order valence-corrected chi connectivity index (χ3v) is 7.39. The molecule has 5 rings (SSSR count). The summed E-state index contributed by atoms with van der Waals surface area (Å²) < 4.78 is 7.60. The number of hydrogen-bond donors (Lipinski definition) is 1. The number of piperazine rings is 1. The number of rotatable bonds is 4. The van der Waals surface area contributed by atoms with Gasteiger partial charge in [0, 0.05) is 43.8 Å². The molecule has 4 heterocycles. The summed E-state index contributed by atoms with van der Waals surface area (Å²) in [5, 5.41) is 8.47. The average Bonchev–Trinajstić information content (AvgIpc) is 3.46. The van der Waals surface area contributed by atoms with Gasteiger partial charge in [-0.2, -0.15) is 5.10 Å². The maximum absolute atomic E-state index is 13.8. The van der Waals surface area contributed by atoms with E-state index in [2.05, 4.69) is 10.4 Å². The van der Waals surface area contributed by atoms with E-state index in [0.29, 0.717) is 43.1 Å². The highest BCUT2D eigenvalue weighted by Gasteiger charge is 2.29. The van der Waals surface area contributed by atoms with Crippen LogP contribution in [0.5, 0.6) is 0 Å². The number of fused-ring (bicyclic) bond motifs is 1. The van der Waals surface area contributed by atoms with Crippen LogP contribution in [-0.4, -0.2) is 68.7 Å². The molecule has 3 amide bonds. The van der Waals surface area contributed by atoms with Gasteiger partial charge in [0.15, 0.2) is 5.65 Å². The molecule has 0 atom stereocenters. The van der Waals surface area contributed by atoms with Crippen molar-refractivity contribution in [3.05, 3.63) is 35.4 Å². The molecule has 192 valence electrons. The molecule has 36 heavy (non-hydrogen) atoms. The van der Waals surface area contributed by atoms with Crippen molar-refractivity contribution in [3.8, 4) is 11.3 Å². The zero-order chi connectivity index (χ0) is 25.4. The van der Waals surface area contributed by atoms with Gasteiger partial charge in [0.2, 0.25) is 0 Å². The lowest BCUT2D eigenvalue weighted by molar-refractivity contribution is 0.0664. The predicted octanol–water partition coefficient (Wildman–Crippen LogP) is 4.69. The fourth-order valence-electron chi connectivity index (χ4n) is 5.39. The van der Waals surface area contributed by atoms with E-state index in [0.717, 1.165) is 35.3 Å². The molecule has 1 aliphatic heterocycles.